The lowest BCUT2D eigenvalue weighted by Crippen LogP contribution is -2.19. The molecule has 0 aliphatic carbocycles. The fraction of sp³-hybridized carbons (Fsp3) is 0.462. The molecular formula is C13H18O2. The van der Waals surface area contributed by atoms with Gasteiger partial charge in [0.25, 0.3) is 0 Å². The Morgan fingerprint density at radius 1 is 1.40 bits per heavy atom. The van der Waals surface area contributed by atoms with Gasteiger partial charge in [-0.2, -0.15) is 0 Å². The van der Waals surface area contributed by atoms with E-state index in [2.05, 4.69) is 0 Å². The maximum atomic E-state index is 11.3. The van der Waals surface area contributed by atoms with Gasteiger partial charge in [0.05, 0.1) is 5.92 Å². The number of hydrogen-bond acceptors (Lipinski definition) is 1. The first-order valence-electron chi connectivity index (χ1n) is 5.36. The van der Waals surface area contributed by atoms with E-state index in [0.717, 1.165) is 17.5 Å². The second kappa shape index (κ2) is 4.96. The Labute approximate surface area is 90.9 Å². The van der Waals surface area contributed by atoms with Crippen LogP contribution in [0, 0.1) is 12.8 Å². The average molecular weight is 206 g/mol. The van der Waals surface area contributed by atoms with Crippen LogP contribution in [0.1, 0.15) is 37.3 Å². The van der Waals surface area contributed by atoms with E-state index < -0.39 is 5.97 Å². The van der Waals surface area contributed by atoms with E-state index in [-0.39, 0.29) is 11.8 Å². The Kier molecular flexibility index (Phi) is 3.89. The standard InChI is InChI=1S/C13H18O2/c1-4-9(2)12(13(14)15)11-8-6-5-7-10(11)3/h5-9,12H,4H2,1-3H3,(H,14,15). The van der Waals surface area contributed by atoms with Crippen molar-refractivity contribution in [2.24, 2.45) is 5.92 Å². The molecule has 2 unspecified atom stereocenters. The Morgan fingerprint density at radius 2 is 2.00 bits per heavy atom. The van der Waals surface area contributed by atoms with Crippen LogP contribution < -0.4 is 0 Å². The molecule has 1 aromatic carbocycles. The van der Waals surface area contributed by atoms with Gasteiger partial charge >= 0.3 is 5.97 Å². The van der Waals surface area contributed by atoms with E-state index in [9.17, 15) is 9.90 Å². The molecule has 0 spiro atoms. The van der Waals surface area contributed by atoms with Crippen LogP contribution in [0.25, 0.3) is 0 Å². The highest BCUT2D eigenvalue weighted by Crippen LogP contribution is 2.29. The minimum atomic E-state index is -0.723. The fourth-order valence-electron chi connectivity index (χ4n) is 1.85. The third-order valence-corrected chi connectivity index (χ3v) is 3.00. The first-order valence-corrected chi connectivity index (χ1v) is 5.36. The van der Waals surface area contributed by atoms with Crippen molar-refractivity contribution in [2.45, 2.75) is 33.1 Å². The largest absolute Gasteiger partial charge is 0.481 e. The van der Waals surface area contributed by atoms with Gasteiger partial charge in [-0.3, -0.25) is 4.79 Å². The Bertz CT molecular complexity index is 344. The maximum Gasteiger partial charge on any atom is 0.311 e. The summed E-state index contributed by atoms with van der Waals surface area (Å²) < 4.78 is 0. The van der Waals surface area contributed by atoms with Gasteiger partial charge in [-0.25, -0.2) is 0 Å². The van der Waals surface area contributed by atoms with Crippen LogP contribution in [0.5, 0.6) is 0 Å². The first-order chi connectivity index (χ1) is 7.07. The van der Waals surface area contributed by atoms with Gasteiger partial charge in [0.1, 0.15) is 0 Å². The average Bonchev–Trinajstić information content (AvgIpc) is 2.20. The molecule has 1 aromatic rings. The highest BCUT2D eigenvalue weighted by atomic mass is 16.4. The lowest BCUT2D eigenvalue weighted by molar-refractivity contribution is -0.140. The summed E-state index contributed by atoms with van der Waals surface area (Å²) in [5.74, 6) is -0.932. The molecule has 15 heavy (non-hydrogen) atoms. The van der Waals surface area contributed by atoms with E-state index in [0.29, 0.717) is 0 Å². The van der Waals surface area contributed by atoms with E-state index in [4.69, 9.17) is 0 Å². The molecule has 0 aromatic heterocycles. The number of carboxylic acid groups (broad SMARTS) is 1. The van der Waals surface area contributed by atoms with Crippen molar-refractivity contribution in [2.75, 3.05) is 0 Å². The number of benzene rings is 1. The minimum Gasteiger partial charge on any atom is -0.481 e. The monoisotopic (exact) mass is 206 g/mol. The Hall–Kier alpha value is -1.31. The van der Waals surface area contributed by atoms with Crippen molar-refractivity contribution in [1.82, 2.24) is 0 Å². The molecule has 2 heteroatoms. The SMILES string of the molecule is CCC(C)C(C(=O)O)c1ccccc1C. The number of aryl methyl sites for hydroxylation is 1. The number of carbonyl (C=O) groups is 1. The molecule has 0 bridgehead atoms. The van der Waals surface area contributed by atoms with Gasteiger partial charge in [0, 0.05) is 0 Å². The van der Waals surface area contributed by atoms with E-state index in [1.54, 1.807) is 0 Å². The lowest BCUT2D eigenvalue weighted by Gasteiger charge is -2.20. The minimum absolute atomic E-state index is 0.170. The summed E-state index contributed by atoms with van der Waals surface area (Å²) in [4.78, 5) is 11.3. The topological polar surface area (TPSA) is 37.3 Å². The molecule has 0 radical (unpaired) electrons. The normalized spacial score (nSPS) is 14.6. The molecule has 0 aliphatic rings. The van der Waals surface area contributed by atoms with Crippen molar-refractivity contribution in [3.63, 3.8) is 0 Å². The van der Waals surface area contributed by atoms with E-state index in [1.165, 1.54) is 0 Å². The molecule has 0 amide bonds. The Balaban J connectivity index is 3.10. The zero-order valence-corrected chi connectivity index (χ0v) is 9.53. The zero-order valence-electron chi connectivity index (χ0n) is 9.53. The molecule has 0 aliphatic heterocycles. The van der Waals surface area contributed by atoms with Gasteiger partial charge in [-0.05, 0) is 24.0 Å². The molecule has 0 heterocycles. The second-order valence-electron chi connectivity index (χ2n) is 4.06. The predicted octanol–water partition coefficient (Wildman–Crippen LogP) is 3.21. The highest BCUT2D eigenvalue weighted by Gasteiger charge is 2.26. The van der Waals surface area contributed by atoms with Crippen LogP contribution in [0.3, 0.4) is 0 Å². The molecule has 82 valence electrons. The van der Waals surface area contributed by atoms with Crippen LogP contribution in [-0.4, -0.2) is 11.1 Å². The molecule has 0 saturated heterocycles. The van der Waals surface area contributed by atoms with Gasteiger partial charge in [0.2, 0.25) is 0 Å². The fourth-order valence-corrected chi connectivity index (χ4v) is 1.85. The zero-order chi connectivity index (χ0) is 11.4. The van der Waals surface area contributed by atoms with Gasteiger partial charge in [0.15, 0.2) is 0 Å². The maximum absolute atomic E-state index is 11.3. The van der Waals surface area contributed by atoms with E-state index in [1.807, 2.05) is 45.0 Å². The van der Waals surface area contributed by atoms with Crippen LogP contribution in [0.4, 0.5) is 0 Å². The summed E-state index contributed by atoms with van der Waals surface area (Å²) in [7, 11) is 0. The smallest absolute Gasteiger partial charge is 0.311 e. The molecular weight excluding hydrogens is 188 g/mol. The summed E-state index contributed by atoms with van der Waals surface area (Å²) in [5.41, 5.74) is 2.00. The predicted molar refractivity (Wildman–Crippen MR) is 61.0 cm³/mol. The third kappa shape index (κ3) is 2.58. The molecule has 0 saturated carbocycles. The summed E-state index contributed by atoms with van der Waals surface area (Å²) in [5, 5.41) is 9.25. The molecule has 1 rings (SSSR count). The van der Waals surface area contributed by atoms with Crippen LogP contribution in [-0.2, 0) is 4.79 Å². The van der Waals surface area contributed by atoms with Gasteiger partial charge in [-0.1, -0.05) is 44.5 Å². The van der Waals surface area contributed by atoms with Crippen molar-refractivity contribution < 1.29 is 9.90 Å². The van der Waals surface area contributed by atoms with E-state index >= 15 is 0 Å². The Morgan fingerprint density at radius 3 is 2.47 bits per heavy atom. The summed E-state index contributed by atoms with van der Waals surface area (Å²) >= 11 is 0. The van der Waals surface area contributed by atoms with Gasteiger partial charge in [-0.15, -0.1) is 0 Å². The van der Waals surface area contributed by atoms with Crippen molar-refractivity contribution in [3.05, 3.63) is 35.4 Å². The lowest BCUT2D eigenvalue weighted by atomic mass is 9.83. The van der Waals surface area contributed by atoms with Crippen molar-refractivity contribution >= 4 is 5.97 Å². The van der Waals surface area contributed by atoms with Gasteiger partial charge < -0.3 is 5.11 Å². The molecule has 0 fully saturated rings. The van der Waals surface area contributed by atoms with Crippen LogP contribution in [0.2, 0.25) is 0 Å². The van der Waals surface area contributed by atoms with Crippen molar-refractivity contribution in [1.29, 1.82) is 0 Å². The van der Waals surface area contributed by atoms with Crippen LogP contribution >= 0.6 is 0 Å². The van der Waals surface area contributed by atoms with Crippen LogP contribution in [0.15, 0.2) is 24.3 Å². The molecule has 2 atom stereocenters. The summed E-state index contributed by atoms with van der Waals surface area (Å²) in [6.07, 6.45) is 0.880. The van der Waals surface area contributed by atoms with Crippen molar-refractivity contribution in [3.8, 4) is 0 Å². The molecule has 1 N–H and O–H groups in total. The number of aliphatic carboxylic acids is 1. The molecule has 2 nitrogen and oxygen atoms in total. The third-order valence-electron chi connectivity index (χ3n) is 3.00. The number of hydrogen-bond donors (Lipinski definition) is 1. The quantitative estimate of drug-likeness (QED) is 0.821. The highest BCUT2D eigenvalue weighted by molar-refractivity contribution is 5.77. The second-order valence-corrected chi connectivity index (χ2v) is 4.06. The first kappa shape index (κ1) is 11.8. The number of carboxylic acids is 1. The number of rotatable bonds is 4. The summed E-state index contributed by atoms with van der Waals surface area (Å²) in [6, 6.07) is 7.73. The summed E-state index contributed by atoms with van der Waals surface area (Å²) in [6.45, 7) is 5.98.